The van der Waals surface area contributed by atoms with Gasteiger partial charge in [0.15, 0.2) is 0 Å². The van der Waals surface area contributed by atoms with Crippen molar-refractivity contribution < 1.29 is 19.0 Å². The van der Waals surface area contributed by atoms with Crippen LogP contribution in [-0.2, 0) is 16.1 Å². The highest BCUT2D eigenvalue weighted by atomic mass is 16.6. The topological polar surface area (TPSA) is 92.3 Å². The van der Waals surface area contributed by atoms with Gasteiger partial charge in [-0.25, -0.2) is 14.8 Å². The van der Waals surface area contributed by atoms with Crippen molar-refractivity contribution >= 4 is 29.0 Å². The molecule has 40 heavy (non-hydrogen) atoms. The second-order valence-corrected chi connectivity index (χ2v) is 12.4. The molecule has 10 nitrogen and oxygen atoms in total. The highest BCUT2D eigenvalue weighted by Crippen LogP contribution is 2.43. The lowest BCUT2D eigenvalue weighted by molar-refractivity contribution is -0.0235. The van der Waals surface area contributed by atoms with Gasteiger partial charge in [-0.3, -0.25) is 4.90 Å². The lowest BCUT2D eigenvalue weighted by atomic mass is 9.92. The monoisotopic (exact) mass is 546 g/mol. The van der Waals surface area contributed by atoms with E-state index in [0.29, 0.717) is 37.9 Å². The summed E-state index contributed by atoms with van der Waals surface area (Å²) in [6.45, 7) is 10.7. The van der Waals surface area contributed by atoms with Gasteiger partial charge in [-0.1, -0.05) is 12.1 Å². The number of carbonyl (C=O) groups excluding carboxylic acids is 1. The van der Waals surface area contributed by atoms with E-state index in [1.807, 2.05) is 25.7 Å². The third kappa shape index (κ3) is 4.77. The highest BCUT2D eigenvalue weighted by molar-refractivity contribution is 5.77. The number of aromatic nitrogens is 2. The first-order valence-electron chi connectivity index (χ1n) is 14.5. The molecule has 212 valence electrons. The average Bonchev–Trinajstić information content (AvgIpc) is 3.06. The second kappa shape index (κ2) is 9.92. The molecular weight excluding hydrogens is 508 g/mol. The Kier molecular flexibility index (Phi) is 6.35. The number of anilines is 3. The zero-order chi connectivity index (χ0) is 27.4. The Balaban J connectivity index is 1.07. The van der Waals surface area contributed by atoms with Gasteiger partial charge in [0, 0.05) is 44.3 Å². The molecule has 1 amide bonds. The Labute approximate surface area is 235 Å². The number of hydrogen-bond acceptors (Lipinski definition) is 9. The third-order valence-corrected chi connectivity index (χ3v) is 8.59. The Morgan fingerprint density at radius 1 is 1.10 bits per heavy atom. The molecule has 2 aromatic rings. The van der Waals surface area contributed by atoms with E-state index < -0.39 is 5.60 Å². The number of hydrogen-bond donors (Lipinski definition) is 1. The zero-order valence-electron chi connectivity index (χ0n) is 23.6. The fourth-order valence-electron chi connectivity index (χ4n) is 6.69. The minimum Gasteiger partial charge on any atom is -0.486 e. The smallest absolute Gasteiger partial charge is 0.410 e. The van der Waals surface area contributed by atoms with Gasteiger partial charge in [-0.15, -0.1) is 0 Å². The summed E-state index contributed by atoms with van der Waals surface area (Å²) in [7, 11) is 0. The third-order valence-electron chi connectivity index (χ3n) is 8.59. The molecule has 7 rings (SSSR count). The zero-order valence-corrected chi connectivity index (χ0v) is 23.6. The number of nitrogens with zero attached hydrogens (tertiary/aromatic N) is 5. The maximum Gasteiger partial charge on any atom is 0.410 e. The van der Waals surface area contributed by atoms with Crippen molar-refractivity contribution in [3.63, 3.8) is 0 Å². The molecule has 1 N–H and O–H groups in total. The Morgan fingerprint density at radius 2 is 1.93 bits per heavy atom. The molecule has 2 atom stereocenters. The quantitative estimate of drug-likeness (QED) is 0.608. The SMILES string of the molecule is CC(C)(C)OC(=O)N1CC(N2C3C=C(c4ccc5c(c4)Nc4ncnc(N6CCOCC6)c4CO5)CC2CC3)C1. The van der Waals surface area contributed by atoms with Crippen molar-refractivity contribution in [1.82, 2.24) is 19.8 Å². The van der Waals surface area contributed by atoms with E-state index >= 15 is 0 Å². The number of fused-ring (bicyclic) bond motifs is 4. The van der Waals surface area contributed by atoms with E-state index in [1.54, 1.807) is 6.33 Å². The fraction of sp³-hybridized carbons (Fsp3) is 0.567. The number of rotatable bonds is 3. The van der Waals surface area contributed by atoms with Crippen LogP contribution in [0.2, 0.25) is 0 Å². The van der Waals surface area contributed by atoms with E-state index in [0.717, 1.165) is 67.7 Å². The van der Waals surface area contributed by atoms with Crippen LogP contribution in [0.15, 0.2) is 30.6 Å². The molecule has 2 bridgehead atoms. The van der Waals surface area contributed by atoms with Gasteiger partial charge in [0.05, 0.1) is 24.5 Å². The van der Waals surface area contributed by atoms with Crippen LogP contribution in [0.25, 0.3) is 5.57 Å². The normalized spacial score (nSPS) is 24.6. The van der Waals surface area contributed by atoms with Crippen molar-refractivity contribution in [2.24, 2.45) is 0 Å². The summed E-state index contributed by atoms with van der Waals surface area (Å²) < 4.78 is 17.4. The van der Waals surface area contributed by atoms with Crippen molar-refractivity contribution in [1.29, 1.82) is 0 Å². The molecule has 10 heteroatoms. The fourth-order valence-corrected chi connectivity index (χ4v) is 6.69. The van der Waals surface area contributed by atoms with Crippen LogP contribution in [0.1, 0.15) is 51.2 Å². The number of carbonyl (C=O) groups is 1. The maximum absolute atomic E-state index is 12.4. The van der Waals surface area contributed by atoms with Gasteiger partial charge >= 0.3 is 6.09 Å². The summed E-state index contributed by atoms with van der Waals surface area (Å²) >= 11 is 0. The van der Waals surface area contributed by atoms with E-state index in [1.165, 1.54) is 17.6 Å². The summed E-state index contributed by atoms with van der Waals surface area (Å²) in [5, 5.41) is 3.56. The molecule has 0 aliphatic carbocycles. The molecule has 3 saturated heterocycles. The summed E-state index contributed by atoms with van der Waals surface area (Å²) in [5.74, 6) is 2.55. The number of amides is 1. The summed E-state index contributed by atoms with van der Waals surface area (Å²) in [4.78, 5) is 28.3. The molecule has 3 fully saturated rings. The molecule has 5 aliphatic heterocycles. The predicted molar refractivity (Wildman–Crippen MR) is 152 cm³/mol. The van der Waals surface area contributed by atoms with Gasteiger partial charge in [0.1, 0.15) is 35.9 Å². The van der Waals surface area contributed by atoms with Gasteiger partial charge < -0.3 is 29.3 Å². The molecule has 0 radical (unpaired) electrons. The molecule has 1 aromatic heterocycles. The second-order valence-electron chi connectivity index (χ2n) is 12.4. The van der Waals surface area contributed by atoms with E-state index in [-0.39, 0.29) is 6.09 Å². The Hall–Kier alpha value is -3.37. The standard InChI is InChI=1S/C30H38N6O4/c1-30(2,3)40-29(37)35-15-23(16-35)36-21-5-6-22(36)13-20(12-21)19-4-7-26-25(14-19)33-27-24(17-39-26)28(32-18-31-27)34-8-10-38-11-9-34/h4,7,12,14,18,21-23H,5-6,8-11,13,15-17H2,1-3H3,(H,31,32,33). The lowest BCUT2D eigenvalue weighted by Crippen LogP contribution is -2.64. The Morgan fingerprint density at radius 3 is 2.70 bits per heavy atom. The van der Waals surface area contributed by atoms with Gasteiger partial charge in [0.2, 0.25) is 0 Å². The van der Waals surface area contributed by atoms with Crippen LogP contribution in [-0.4, -0.2) is 89.0 Å². The molecular formula is C30H38N6O4. The molecule has 0 saturated carbocycles. The summed E-state index contributed by atoms with van der Waals surface area (Å²) in [6.07, 6.45) is 7.25. The molecule has 2 unspecified atom stereocenters. The van der Waals surface area contributed by atoms with Gasteiger partial charge in [-0.2, -0.15) is 0 Å². The van der Waals surface area contributed by atoms with E-state index in [4.69, 9.17) is 14.2 Å². The summed E-state index contributed by atoms with van der Waals surface area (Å²) in [6, 6.07) is 7.78. The molecule has 6 heterocycles. The van der Waals surface area contributed by atoms with Crippen LogP contribution in [0, 0.1) is 0 Å². The number of morpholine rings is 1. The molecule has 1 aromatic carbocycles. The van der Waals surface area contributed by atoms with Crippen LogP contribution in [0.4, 0.5) is 22.1 Å². The largest absolute Gasteiger partial charge is 0.486 e. The number of nitrogens with one attached hydrogen (secondary N) is 1. The average molecular weight is 547 g/mol. The first kappa shape index (κ1) is 25.6. The summed E-state index contributed by atoms with van der Waals surface area (Å²) in [5.41, 5.74) is 4.07. The van der Waals surface area contributed by atoms with Gasteiger partial charge in [-0.05, 0) is 63.3 Å². The van der Waals surface area contributed by atoms with Crippen LogP contribution in [0.5, 0.6) is 5.75 Å². The van der Waals surface area contributed by atoms with E-state index in [2.05, 4.69) is 49.4 Å². The predicted octanol–water partition coefficient (Wildman–Crippen LogP) is 4.19. The van der Waals surface area contributed by atoms with Crippen LogP contribution < -0.4 is 15.0 Å². The van der Waals surface area contributed by atoms with Crippen LogP contribution >= 0.6 is 0 Å². The maximum atomic E-state index is 12.4. The molecule has 0 spiro atoms. The van der Waals surface area contributed by atoms with Crippen molar-refractivity contribution in [2.75, 3.05) is 49.6 Å². The van der Waals surface area contributed by atoms with Crippen molar-refractivity contribution in [2.45, 2.75) is 70.4 Å². The van der Waals surface area contributed by atoms with Gasteiger partial charge in [0.25, 0.3) is 0 Å². The first-order chi connectivity index (χ1) is 19.3. The van der Waals surface area contributed by atoms with Crippen molar-refractivity contribution in [3.8, 4) is 5.75 Å². The Bertz CT molecular complexity index is 1330. The minimum atomic E-state index is -0.461. The number of likely N-dealkylation sites (tertiary alicyclic amines) is 1. The number of ether oxygens (including phenoxy) is 3. The molecule has 5 aliphatic rings. The minimum absolute atomic E-state index is 0.201. The van der Waals surface area contributed by atoms with Crippen LogP contribution in [0.3, 0.4) is 0 Å². The van der Waals surface area contributed by atoms with E-state index in [9.17, 15) is 4.79 Å². The lowest BCUT2D eigenvalue weighted by Gasteiger charge is -2.49. The van der Waals surface area contributed by atoms with Crippen molar-refractivity contribution in [3.05, 3.63) is 41.7 Å². The number of benzene rings is 1. The highest BCUT2D eigenvalue weighted by Gasteiger charge is 2.46. The first-order valence-corrected chi connectivity index (χ1v) is 14.5.